The second kappa shape index (κ2) is 10.9. The maximum absolute atomic E-state index is 12.4. The highest BCUT2D eigenvalue weighted by atomic mass is 32.1. The lowest BCUT2D eigenvalue weighted by atomic mass is 10.1. The third kappa shape index (κ3) is 6.97. The van der Waals surface area contributed by atoms with Crippen LogP contribution in [0.5, 0.6) is 5.75 Å². The number of hydrogen-bond donors (Lipinski definition) is 2. The Morgan fingerprint density at radius 2 is 1.94 bits per heavy atom. The number of halogens is 3. The van der Waals surface area contributed by atoms with Gasteiger partial charge in [0.25, 0.3) is 0 Å². The number of alkyl halides is 3. The molecule has 12 heteroatoms. The number of benzene rings is 1. The molecule has 0 saturated heterocycles. The smallest absolute Gasteiger partial charge is 0.459 e. The van der Waals surface area contributed by atoms with Gasteiger partial charge in [-0.3, -0.25) is 4.79 Å². The summed E-state index contributed by atoms with van der Waals surface area (Å²) in [5, 5.41) is 7.11. The lowest BCUT2D eigenvalue weighted by molar-refractivity contribution is -0.274. The molecule has 3 rings (SSSR count). The van der Waals surface area contributed by atoms with Crippen LogP contribution in [0.3, 0.4) is 0 Å². The maximum Gasteiger partial charge on any atom is 0.573 e. The van der Waals surface area contributed by atoms with E-state index in [1.807, 2.05) is 6.92 Å². The molecule has 0 aliphatic rings. The fraction of sp³-hybridized carbons (Fsp3) is 0.286. The van der Waals surface area contributed by atoms with Gasteiger partial charge in [-0.15, -0.1) is 24.5 Å². The molecule has 2 aromatic heterocycles. The Labute approximate surface area is 190 Å². The third-order valence-corrected chi connectivity index (χ3v) is 5.16. The lowest BCUT2D eigenvalue weighted by Gasteiger charge is -2.12. The molecule has 0 spiro atoms. The quantitative estimate of drug-likeness (QED) is 0.471. The summed E-state index contributed by atoms with van der Waals surface area (Å²) < 4.78 is 48.1. The molecule has 0 saturated carbocycles. The van der Waals surface area contributed by atoms with Gasteiger partial charge in [0.05, 0.1) is 12.0 Å². The molecule has 33 heavy (non-hydrogen) atoms. The van der Waals surface area contributed by atoms with Crippen LogP contribution >= 0.6 is 11.3 Å². The Kier molecular flexibility index (Phi) is 7.93. The second-order valence-corrected chi connectivity index (χ2v) is 7.50. The van der Waals surface area contributed by atoms with Crippen molar-refractivity contribution in [2.24, 2.45) is 4.99 Å². The van der Waals surface area contributed by atoms with Crippen LogP contribution in [0.4, 0.5) is 18.0 Å². The van der Waals surface area contributed by atoms with Crippen LogP contribution in [0.15, 0.2) is 57.5 Å². The summed E-state index contributed by atoms with van der Waals surface area (Å²) in [6.45, 7) is 3.08. The lowest BCUT2D eigenvalue weighted by Crippen LogP contribution is -2.36. The molecule has 0 aliphatic carbocycles. The largest absolute Gasteiger partial charge is 0.573 e. The van der Waals surface area contributed by atoms with Crippen molar-refractivity contribution in [3.8, 4) is 17.0 Å². The fourth-order valence-electron chi connectivity index (χ4n) is 2.90. The molecular formula is C21H21F3N4O4S. The molecule has 176 valence electrons. The fourth-order valence-corrected chi connectivity index (χ4v) is 3.83. The molecule has 0 atom stereocenters. The Morgan fingerprint density at radius 1 is 1.18 bits per heavy atom. The topological polar surface area (TPSA) is 97.9 Å². The molecule has 2 N–H and O–H groups in total. The highest BCUT2D eigenvalue weighted by molar-refractivity contribution is 7.07. The summed E-state index contributed by atoms with van der Waals surface area (Å²) in [6, 6.07) is 8.20. The molecule has 3 amide bonds. The van der Waals surface area contributed by atoms with E-state index < -0.39 is 12.3 Å². The molecule has 8 nitrogen and oxygen atoms in total. The van der Waals surface area contributed by atoms with Gasteiger partial charge in [-0.2, -0.15) is 4.99 Å². The minimum Gasteiger partial charge on any atom is -0.459 e. The van der Waals surface area contributed by atoms with E-state index >= 15 is 0 Å². The molecule has 0 aliphatic heterocycles. The first kappa shape index (κ1) is 24.1. The first-order valence-electron chi connectivity index (χ1n) is 9.95. The summed E-state index contributed by atoms with van der Waals surface area (Å²) in [5.74, 6) is -0.809. The number of amides is 3. The number of furan rings is 1. The zero-order valence-electron chi connectivity index (χ0n) is 17.5. The number of nitrogens with zero attached hydrogens (tertiary/aromatic N) is 2. The molecule has 0 unspecified atom stereocenters. The van der Waals surface area contributed by atoms with Crippen molar-refractivity contribution in [3.63, 3.8) is 0 Å². The number of nitrogens with one attached hydrogen (secondary N) is 2. The zero-order valence-corrected chi connectivity index (χ0v) is 18.3. The Balaban J connectivity index is 1.85. The van der Waals surface area contributed by atoms with Gasteiger partial charge in [-0.05, 0) is 55.3 Å². The first-order valence-corrected chi connectivity index (χ1v) is 10.8. The number of carbonyl (C=O) groups excluding carboxylic acids is 2. The summed E-state index contributed by atoms with van der Waals surface area (Å²) in [5.41, 5.74) is 1.27. The van der Waals surface area contributed by atoms with Crippen LogP contribution in [0, 0.1) is 0 Å². The van der Waals surface area contributed by atoms with Crippen molar-refractivity contribution in [1.82, 2.24) is 15.2 Å². The molecular weight excluding hydrogens is 461 g/mol. The zero-order chi connectivity index (χ0) is 23.8. The summed E-state index contributed by atoms with van der Waals surface area (Å²) in [6.07, 6.45) is -2.88. The summed E-state index contributed by atoms with van der Waals surface area (Å²) in [4.78, 5) is 28.5. The number of thiazole rings is 1. The SMILES string of the molecule is CCNC(=O)NCCCn1c(-c2ccc(OC(F)(F)F)cc2)csc1=NC(=O)c1ccco1. The van der Waals surface area contributed by atoms with Gasteiger partial charge in [0.1, 0.15) is 5.75 Å². The van der Waals surface area contributed by atoms with Gasteiger partial charge in [0.2, 0.25) is 0 Å². The summed E-state index contributed by atoms with van der Waals surface area (Å²) >= 11 is 1.21. The number of ether oxygens (including phenoxy) is 1. The van der Waals surface area contributed by atoms with Gasteiger partial charge in [-0.1, -0.05) is 0 Å². The minimum atomic E-state index is -4.78. The maximum atomic E-state index is 12.4. The van der Waals surface area contributed by atoms with Gasteiger partial charge in [-0.25, -0.2) is 4.79 Å². The average molecular weight is 482 g/mol. The van der Waals surface area contributed by atoms with Crippen molar-refractivity contribution >= 4 is 23.3 Å². The normalized spacial score (nSPS) is 11.9. The minimum absolute atomic E-state index is 0.0862. The van der Waals surface area contributed by atoms with Crippen LogP contribution in [-0.4, -0.2) is 36.0 Å². The molecule has 0 radical (unpaired) electrons. The Morgan fingerprint density at radius 3 is 2.58 bits per heavy atom. The van der Waals surface area contributed by atoms with E-state index in [2.05, 4.69) is 20.4 Å². The van der Waals surface area contributed by atoms with Gasteiger partial charge in [0, 0.05) is 25.0 Å². The second-order valence-electron chi connectivity index (χ2n) is 6.66. The highest BCUT2D eigenvalue weighted by Gasteiger charge is 2.31. The van der Waals surface area contributed by atoms with Crippen molar-refractivity contribution in [2.45, 2.75) is 26.3 Å². The van der Waals surface area contributed by atoms with Gasteiger partial charge >= 0.3 is 18.3 Å². The van der Waals surface area contributed by atoms with E-state index in [1.54, 1.807) is 16.0 Å². The molecule has 3 aromatic rings. The molecule has 1 aromatic carbocycles. The van der Waals surface area contributed by atoms with Crippen molar-refractivity contribution in [2.75, 3.05) is 13.1 Å². The molecule has 0 fully saturated rings. The van der Waals surface area contributed by atoms with E-state index in [-0.39, 0.29) is 17.5 Å². The van der Waals surface area contributed by atoms with Crippen LogP contribution in [0.2, 0.25) is 0 Å². The van der Waals surface area contributed by atoms with E-state index in [4.69, 9.17) is 4.42 Å². The number of carbonyl (C=O) groups is 2. The average Bonchev–Trinajstić information content (AvgIpc) is 3.42. The third-order valence-electron chi connectivity index (χ3n) is 4.29. The standard InChI is InChI=1S/C21H21F3N4O4S/c1-2-25-19(30)26-10-4-11-28-16(14-6-8-15(9-7-14)32-21(22,23)24)13-33-20(28)27-18(29)17-5-3-12-31-17/h3,5-9,12-13H,2,4,10-11H2,1H3,(H2,25,26,30). The van der Waals surface area contributed by atoms with E-state index in [0.29, 0.717) is 42.1 Å². The number of urea groups is 1. The van der Waals surface area contributed by atoms with E-state index in [1.165, 1.54) is 47.9 Å². The number of hydrogen-bond acceptors (Lipinski definition) is 5. The number of aromatic nitrogens is 1. The van der Waals surface area contributed by atoms with E-state index in [9.17, 15) is 22.8 Å². The molecule has 0 bridgehead atoms. The Hall–Kier alpha value is -3.54. The summed E-state index contributed by atoms with van der Waals surface area (Å²) in [7, 11) is 0. The van der Waals surface area contributed by atoms with Crippen LogP contribution in [0.1, 0.15) is 23.9 Å². The van der Waals surface area contributed by atoms with Crippen molar-refractivity contribution in [3.05, 3.63) is 58.6 Å². The van der Waals surface area contributed by atoms with Crippen molar-refractivity contribution < 1.29 is 31.9 Å². The predicted octanol–water partition coefficient (Wildman–Crippen LogP) is 4.16. The predicted molar refractivity (Wildman–Crippen MR) is 115 cm³/mol. The first-order chi connectivity index (χ1) is 15.8. The van der Waals surface area contributed by atoms with E-state index in [0.717, 1.165) is 0 Å². The monoisotopic (exact) mass is 482 g/mol. The van der Waals surface area contributed by atoms with Crippen LogP contribution in [-0.2, 0) is 6.54 Å². The van der Waals surface area contributed by atoms with Gasteiger partial charge < -0.3 is 24.4 Å². The Bertz CT molecular complexity index is 1140. The van der Waals surface area contributed by atoms with Gasteiger partial charge in [0.15, 0.2) is 10.6 Å². The van der Waals surface area contributed by atoms with Crippen LogP contribution < -0.4 is 20.2 Å². The van der Waals surface area contributed by atoms with Crippen molar-refractivity contribution in [1.29, 1.82) is 0 Å². The number of rotatable bonds is 8. The highest BCUT2D eigenvalue weighted by Crippen LogP contribution is 2.27. The van der Waals surface area contributed by atoms with Crippen LogP contribution in [0.25, 0.3) is 11.3 Å². The molecule has 2 heterocycles.